The number of benzene rings is 9. The number of anilines is 6. The Labute approximate surface area is 491 Å². The van der Waals surface area contributed by atoms with Crippen LogP contribution in [0, 0.1) is 0 Å². The molecule has 0 aromatic heterocycles. The first-order chi connectivity index (χ1) is 39.0. The molecule has 0 bridgehead atoms. The van der Waals surface area contributed by atoms with E-state index in [1.54, 1.807) is 0 Å². The Morgan fingerprint density at radius 1 is 0.378 bits per heavy atom. The van der Waals surface area contributed by atoms with Gasteiger partial charge in [-0.05, 0) is 185 Å². The molecule has 0 saturated carbocycles. The molecule has 9 aromatic rings. The first-order valence-corrected chi connectivity index (χ1v) is 30.6. The molecule has 2 aliphatic heterocycles. The molecule has 0 N–H and O–H groups in total. The molecule has 0 spiro atoms. The summed E-state index contributed by atoms with van der Waals surface area (Å²) in [6.07, 6.45) is 4.65. The summed E-state index contributed by atoms with van der Waals surface area (Å²) in [7, 11) is 0. The third-order valence-corrected chi connectivity index (χ3v) is 20.8. The first-order valence-electron chi connectivity index (χ1n) is 30.6. The predicted molar refractivity (Wildman–Crippen MR) is 353 cm³/mol. The molecule has 0 fully saturated rings. The summed E-state index contributed by atoms with van der Waals surface area (Å²) < 4.78 is 0. The maximum atomic E-state index is 2.74. The standard InChI is InChI=1S/C79H83BN2/c1-51(2)54-43-71-73-72(44-54)82(69-48-59(52-27-19-15-20-28-52)62(47-60(69)53-29-21-16-22-30-53)79(13,14)56-33-25-18-26-34-56)68-38-35-57(78(11,12)55-31-23-17-24-32-55)45-66(68)80(73)67-49-64-65(77(9,10)42-41-76(64,7)8)50-70(67)81(71)58-36-37-61-63(46-58)75(5,6)40-39-74(61,3)4/h15-38,43-51H,39-42H2,1-14H3. The van der Waals surface area contributed by atoms with Crippen molar-refractivity contribution in [1.29, 1.82) is 0 Å². The van der Waals surface area contributed by atoms with E-state index >= 15 is 0 Å². The van der Waals surface area contributed by atoms with Crippen LogP contribution < -0.4 is 26.2 Å². The first kappa shape index (κ1) is 53.9. The fraction of sp³-hybridized carbons (Fsp3) is 0.316. The van der Waals surface area contributed by atoms with Crippen molar-refractivity contribution in [2.45, 2.75) is 161 Å². The Hall–Kier alpha value is -7.36. The molecular formula is C79H83BN2. The second-order valence-corrected chi connectivity index (χ2v) is 28.9. The van der Waals surface area contributed by atoms with Crippen LogP contribution in [0.2, 0.25) is 0 Å². The number of rotatable bonds is 9. The third-order valence-electron chi connectivity index (χ3n) is 20.8. The van der Waals surface area contributed by atoms with E-state index in [0.29, 0.717) is 0 Å². The summed E-state index contributed by atoms with van der Waals surface area (Å²) in [4.78, 5) is 5.46. The van der Waals surface area contributed by atoms with E-state index in [2.05, 4.69) is 301 Å². The molecule has 0 atom stereocenters. The highest BCUT2D eigenvalue weighted by atomic mass is 15.2. The molecule has 0 amide bonds. The topological polar surface area (TPSA) is 6.48 Å². The summed E-state index contributed by atoms with van der Waals surface area (Å²) in [5.74, 6) is 0.259. The van der Waals surface area contributed by atoms with Gasteiger partial charge in [-0.2, -0.15) is 0 Å². The monoisotopic (exact) mass is 1070 g/mol. The smallest absolute Gasteiger partial charge is 0.252 e. The molecule has 9 aromatic carbocycles. The summed E-state index contributed by atoms with van der Waals surface area (Å²) in [6, 6.07) is 75.6. The van der Waals surface area contributed by atoms with Crippen LogP contribution in [-0.2, 0) is 32.5 Å². The van der Waals surface area contributed by atoms with Gasteiger partial charge in [-0.25, -0.2) is 0 Å². The van der Waals surface area contributed by atoms with E-state index in [1.165, 1.54) is 129 Å². The summed E-state index contributed by atoms with van der Waals surface area (Å²) in [6.45, 7) is 34.3. The van der Waals surface area contributed by atoms with Gasteiger partial charge in [-0.1, -0.05) is 243 Å². The lowest BCUT2D eigenvalue weighted by atomic mass is 9.32. The summed E-state index contributed by atoms with van der Waals surface area (Å²) in [5, 5.41) is 0. The highest BCUT2D eigenvalue weighted by Crippen LogP contribution is 2.55. The molecule has 412 valence electrons. The number of hydrogen-bond donors (Lipinski definition) is 0. The van der Waals surface area contributed by atoms with Gasteiger partial charge in [0.05, 0.1) is 5.69 Å². The van der Waals surface area contributed by atoms with Gasteiger partial charge in [0.1, 0.15) is 0 Å². The highest BCUT2D eigenvalue weighted by Gasteiger charge is 2.48. The van der Waals surface area contributed by atoms with Gasteiger partial charge in [0.25, 0.3) is 6.71 Å². The molecule has 0 unspecified atom stereocenters. The van der Waals surface area contributed by atoms with Crippen LogP contribution in [0.3, 0.4) is 0 Å². The van der Waals surface area contributed by atoms with E-state index in [9.17, 15) is 0 Å². The van der Waals surface area contributed by atoms with Gasteiger partial charge < -0.3 is 9.80 Å². The van der Waals surface area contributed by atoms with Crippen LogP contribution >= 0.6 is 0 Å². The van der Waals surface area contributed by atoms with Crippen LogP contribution in [0.1, 0.15) is 179 Å². The lowest BCUT2D eigenvalue weighted by Gasteiger charge is -2.48. The van der Waals surface area contributed by atoms with Gasteiger partial charge in [0.2, 0.25) is 0 Å². The molecule has 0 radical (unpaired) electrons. The van der Waals surface area contributed by atoms with Crippen LogP contribution in [0.15, 0.2) is 194 Å². The zero-order valence-electron chi connectivity index (χ0n) is 51.4. The molecule has 13 rings (SSSR count). The van der Waals surface area contributed by atoms with Crippen molar-refractivity contribution in [1.82, 2.24) is 0 Å². The fourth-order valence-corrected chi connectivity index (χ4v) is 15.1. The Balaban J connectivity index is 1.19. The number of nitrogens with zero attached hydrogens (tertiary/aromatic N) is 2. The average Bonchev–Trinajstić information content (AvgIpc) is 1.57. The molecule has 2 aliphatic carbocycles. The zero-order chi connectivity index (χ0) is 57.5. The van der Waals surface area contributed by atoms with E-state index in [-0.39, 0.29) is 45.1 Å². The summed E-state index contributed by atoms with van der Waals surface area (Å²) >= 11 is 0. The molecule has 2 heterocycles. The van der Waals surface area contributed by atoms with Crippen LogP contribution in [0.25, 0.3) is 22.3 Å². The number of hydrogen-bond acceptors (Lipinski definition) is 2. The Morgan fingerprint density at radius 2 is 0.854 bits per heavy atom. The van der Waals surface area contributed by atoms with Crippen molar-refractivity contribution in [2.75, 3.05) is 9.80 Å². The minimum absolute atomic E-state index is 0.00508. The van der Waals surface area contributed by atoms with Crippen LogP contribution in [-0.4, -0.2) is 6.71 Å². The van der Waals surface area contributed by atoms with E-state index in [4.69, 9.17) is 0 Å². The SMILES string of the molecule is CC(C)c1cc2c3c(c1)N(c1cc(-c4ccccc4)c(C(C)(C)c4ccccc4)cc1-c1ccccc1)c1ccc(C(C)(C)c4ccccc4)cc1B3c1cc3c(cc1N2c1ccc2c(c1)C(C)(C)CCC2(C)C)C(C)(C)CCC3(C)C. The maximum Gasteiger partial charge on any atom is 0.252 e. The van der Waals surface area contributed by atoms with Crippen molar-refractivity contribution in [2.24, 2.45) is 0 Å². The molecule has 2 nitrogen and oxygen atoms in total. The van der Waals surface area contributed by atoms with Crippen molar-refractivity contribution >= 4 is 57.2 Å². The zero-order valence-corrected chi connectivity index (χ0v) is 51.4. The van der Waals surface area contributed by atoms with E-state index < -0.39 is 0 Å². The Kier molecular flexibility index (Phi) is 12.6. The van der Waals surface area contributed by atoms with Gasteiger partial charge >= 0.3 is 0 Å². The molecule has 4 aliphatic rings. The second kappa shape index (κ2) is 19.1. The third kappa shape index (κ3) is 8.57. The molecule has 82 heavy (non-hydrogen) atoms. The predicted octanol–water partition coefficient (Wildman–Crippen LogP) is 19.6. The van der Waals surface area contributed by atoms with Crippen molar-refractivity contribution < 1.29 is 0 Å². The lowest BCUT2D eigenvalue weighted by molar-refractivity contribution is 0.332. The Bertz CT molecular complexity index is 3950. The minimum atomic E-state index is -0.335. The summed E-state index contributed by atoms with van der Waals surface area (Å²) in [5.41, 5.74) is 28.6. The second-order valence-electron chi connectivity index (χ2n) is 28.9. The van der Waals surface area contributed by atoms with Gasteiger partial charge in [0.15, 0.2) is 0 Å². The highest BCUT2D eigenvalue weighted by molar-refractivity contribution is 7.00. The van der Waals surface area contributed by atoms with Crippen molar-refractivity contribution in [3.8, 4) is 22.3 Å². The average molecular weight is 1070 g/mol. The minimum Gasteiger partial charge on any atom is -0.311 e. The lowest BCUT2D eigenvalue weighted by Crippen LogP contribution is -2.62. The normalized spacial score (nSPS) is 17.1. The van der Waals surface area contributed by atoms with Crippen LogP contribution in [0.4, 0.5) is 34.1 Å². The molecule has 3 heteroatoms. The maximum absolute atomic E-state index is 2.74. The largest absolute Gasteiger partial charge is 0.311 e. The molecular weight excluding hydrogens is 988 g/mol. The van der Waals surface area contributed by atoms with Gasteiger partial charge in [-0.3, -0.25) is 0 Å². The van der Waals surface area contributed by atoms with Crippen molar-refractivity contribution in [3.63, 3.8) is 0 Å². The van der Waals surface area contributed by atoms with Gasteiger partial charge in [0, 0.05) is 44.8 Å². The van der Waals surface area contributed by atoms with Crippen LogP contribution in [0.5, 0.6) is 0 Å². The van der Waals surface area contributed by atoms with E-state index in [1.807, 2.05) is 0 Å². The Morgan fingerprint density at radius 3 is 1.41 bits per heavy atom. The molecule has 0 saturated heterocycles. The van der Waals surface area contributed by atoms with Gasteiger partial charge in [-0.15, -0.1) is 0 Å². The van der Waals surface area contributed by atoms with Crippen molar-refractivity contribution in [3.05, 3.63) is 244 Å². The fourth-order valence-electron chi connectivity index (χ4n) is 15.1. The van der Waals surface area contributed by atoms with E-state index in [0.717, 1.165) is 19.3 Å². The quantitative estimate of drug-likeness (QED) is 0.133. The number of fused-ring (bicyclic) bond motifs is 6.